The van der Waals surface area contributed by atoms with Gasteiger partial charge >= 0.3 is 0 Å². The van der Waals surface area contributed by atoms with Crippen LogP contribution < -0.4 is 5.32 Å². The number of hydrogen-bond acceptors (Lipinski definition) is 5. The summed E-state index contributed by atoms with van der Waals surface area (Å²) < 4.78 is 1.77. The lowest BCUT2D eigenvalue weighted by Crippen LogP contribution is -2.28. The van der Waals surface area contributed by atoms with Gasteiger partial charge in [-0.2, -0.15) is 5.10 Å². The molecule has 0 spiro atoms. The molecule has 0 aliphatic rings. The largest absolute Gasteiger partial charge is 0.349 e. The number of aryl methyl sites for hydroxylation is 1. The zero-order valence-electron chi connectivity index (χ0n) is 11.5. The summed E-state index contributed by atoms with van der Waals surface area (Å²) in [5, 5.41) is 7.55. The van der Waals surface area contributed by atoms with Gasteiger partial charge in [0.15, 0.2) is 5.16 Å². The fourth-order valence-electron chi connectivity index (χ4n) is 1.66. The van der Waals surface area contributed by atoms with Crippen LogP contribution in [0, 0.1) is 6.92 Å². The van der Waals surface area contributed by atoms with Crippen molar-refractivity contribution in [1.29, 1.82) is 0 Å². The Bertz CT molecular complexity index is 570. The van der Waals surface area contributed by atoms with Crippen molar-refractivity contribution < 1.29 is 4.79 Å². The smallest absolute Gasteiger partial charge is 0.270 e. The minimum absolute atomic E-state index is 0.180. The number of carbonyl (C=O) groups is 1. The van der Waals surface area contributed by atoms with Crippen molar-refractivity contribution in [3.63, 3.8) is 0 Å². The number of nitrogens with zero attached hydrogens (tertiary/aromatic N) is 4. The Morgan fingerprint density at radius 2 is 2.30 bits per heavy atom. The van der Waals surface area contributed by atoms with E-state index in [2.05, 4.69) is 20.4 Å². The fraction of sp³-hybridized carbons (Fsp3) is 0.385. The van der Waals surface area contributed by atoms with Crippen molar-refractivity contribution in [2.75, 3.05) is 12.3 Å². The molecule has 2 rings (SSSR count). The molecule has 0 aromatic carbocycles. The lowest BCUT2D eigenvalue weighted by Gasteiger charge is -2.07. The average Bonchev–Trinajstić information content (AvgIpc) is 2.91. The van der Waals surface area contributed by atoms with Crippen molar-refractivity contribution in [2.24, 2.45) is 0 Å². The highest BCUT2D eigenvalue weighted by Gasteiger charge is 2.10. The average molecular weight is 291 g/mol. The van der Waals surface area contributed by atoms with Crippen LogP contribution in [0.2, 0.25) is 0 Å². The molecule has 1 N–H and O–H groups in total. The Morgan fingerprint density at radius 3 is 3.00 bits per heavy atom. The second-order valence-corrected chi connectivity index (χ2v) is 5.37. The summed E-state index contributed by atoms with van der Waals surface area (Å²) in [4.78, 5) is 20.6. The van der Waals surface area contributed by atoms with E-state index in [0.717, 1.165) is 11.4 Å². The number of aromatic nitrogens is 4. The van der Waals surface area contributed by atoms with Crippen LogP contribution in [0.3, 0.4) is 0 Å². The van der Waals surface area contributed by atoms with Gasteiger partial charge in [-0.3, -0.25) is 9.48 Å². The summed E-state index contributed by atoms with van der Waals surface area (Å²) >= 11 is 1.53. The van der Waals surface area contributed by atoms with E-state index in [-0.39, 0.29) is 5.91 Å². The number of nitrogens with one attached hydrogen (secondary N) is 1. The van der Waals surface area contributed by atoms with E-state index in [9.17, 15) is 4.79 Å². The number of thioether (sulfide) groups is 1. The van der Waals surface area contributed by atoms with Crippen molar-refractivity contribution in [2.45, 2.75) is 25.5 Å². The van der Waals surface area contributed by atoms with Crippen LogP contribution in [-0.4, -0.2) is 38.0 Å². The maximum Gasteiger partial charge on any atom is 0.270 e. The summed E-state index contributed by atoms with van der Waals surface area (Å²) in [6.45, 7) is 5.04. The highest BCUT2D eigenvalue weighted by Crippen LogP contribution is 2.13. The van der Waals surface area contributed by atoms with Crippen LogP contribution in [0.15, 0.2) is 29.7 Å². The van der Waals surface area contributed by atoms with Gasteiger partial charge in [0, 0.05) is 24.6 Å². The quantitative estimate of drug-likeness (QED) is 0.645. The van der Waals surface area contributed by atoms with Crippen LogP contribution in [0.4, 0.5) is 0 Å². The standard InChI is InChI=1S/C13H17N5OS/c1-3-20-13-16-10(2)9-11(17-13)12(19)14-6-8-18-7-4-5-15-18/h4-5,7,9H,3,6,8H2,1-2H3,(H,14,19). The van der Waals surface area contributed by atoms with Gasteiger partial charge in [0.1, 0.15) is 5.69 Å². The molecule has 6 nitrogen and oxygen atoms in total. The second-order valence-electron chi connectivity index (χ2n) is 4.14. The Morgan fingerprint density at radius 1 is 1.45 bits per heavy atom. The SMILES string of the molecule is CCSc1nc(C)cc(C(=O)NCCn2cccn2)n1. The maximum absolute atomic E-state index is 12.0. The summed E-state index contributed by atoms with van der Waals surface area (Å²) in [6.07, 6.45) is 3.57. The minimum atomic E-state index is -0.180. The molecule has 1 amide bonds. The first-order valence-corrected chi connectivity index (χ1v) is 7.41. The van der Waals surface area contributed by atoms with Crippen molar-refractivity contribution in [3.8, 4) is 0 Å². The van der Waals surface area contributed by atoms with E-state index >= 15 is 0 Å². The van der Waals surface area contributed by atoms with Crippen molar-refractivity contribution >= 4 is 17.7 Å². The molecule has 0 atom stereocenters. The predicted molar refractivity (Wildman–Crippen MR) is 77.7 cm³/mol. The molecule has 106 valence electrons. The molecule has 0 saturated heterocycles. The molecule has 0 radical (unpaired) electrons. The van der Waals surface area contributed by atoms with Gasteiger partial charge in [-0.15, -0.1) is 0 Å². The Labute approximate surface area is 122 Å². The molecule has 0 bridgehead atoms. The molecule has 0 aliphatic carbocycles. The first-order valence-electron chi connectivity index (χ1n) is 6.43. The Balaban J connectivity index is 1.94. The second kappa shape index (κ2) is 7.04. The Hall–Kier alpha value is -1.89. The highest BCUT2D eigenvalue weighted by atomic mass is 32.2. The topological polar surface area (TPSA) is 72.7 Å². The number of carbonyl (C=O) groups excluding carboxylic acids is 1. The van der Waals surface area contributed by atoms with Crippen LogP contribution in [0.25, 0.3) is 0 Å². The highest BCUT2D eigenvalue weighted by molar-refractivity contribution is 7.99. The van der Waals surface area contributed by atoms with E-state index < -0.39 is 0 Å². The monoisotopic (exact) mass is 291 g/mol. The van der Waals surface area contributed by atoms with Gasteiger partial charge in [-0.25, -0.2) is 9.97 Å². The summed E-state index contributed by atoms with van der Waals surface area (Å²) in [7, 11) is 0. The van der Waals surface area contributed by atoms with E-state index in [1.807, 2.05) is 26.1 Å². The zero-order chi connectivity index (χ0) is 14.4. The van der Waals surface area contributed by atoms with Gasteiger partial charge in [0.25, 0.3) is 5.91 Å². The third-order valence-corrected chi connectivity index (χ3v) is 3.25. The molecule has 7 heteroatoms. The molecule has 2 heterocycles. The number of rotatable bonds is 6. The van der Waals surface area contributed by atoms with Crippen LogP contribution in [0.1, 0.15) is 23.1 Å². The van der Waals surface area contributed by atoms with E-state index in [0.29, 0.717) is 23.9 Å². The van der Waals surface area contributed by atoms with Gasteiger partial charge in [0.05, 0.1) is 6.54 Å². The molecule has 20 heavy (non-hydrogen) atoms. The normalized spacial score (nSPS) is 10.5. The van der Waals surface area contributed by atoms with Crippen LogP contribution >= 0.6 is 11.8 Å². The molecule has 2 aromatic heterocycles. The molecule has 0 fully saturated rings. The summed E-state index contributed by atoms with van der Waals surface area (Å²) in [5.74, 6) is 0.699. The molecule has 2 aromatic rings. The third-order valence-electron chi connectivity index (χ3n) is 2.53. The lowest BCUT2D eigenvalue weighted by atomic mass is 10.3. The third kappa shape index (κ3) is 4.06. The molecule has 0 unspecified atom stereocenters. The summed E-state index contributed by atoms with van der Waals surface area (Å²) in [6, 6.07) is 3.55. The summed E-state index contributed by atoms with van der Waals surface area (Å²) in [5.41, 5.74) is 1.21. The van der Waals surface area contributed by atoms with Gasteiger partial charge in [-0.1, -0.05) is 18.7 Å². The number of hydrogen-bond donors (Lipinski definition) is 1. The van der Waals surface area contributed by atoms with Crippen LogP contribution in [-0.2, 0) is 6.54 Å². The predicted octanol–water partition coefficient (Wildman–Crippen LogP) is 1.52. The molecular weight excluding hydrogens is 274 g/mol. The van der Waals surface area contributed by atoms with Crippen molar-refractivity contribution in [1.82, 2.24) is 25.1 Å². The van der Waals surface area contributed by atoms with E-state index in [4.69, 9.17) is 0 Å². The zero-order valence-corrected chi connectivity index (χ0v) is 12.4. The van der Waals surface area contributed by atoms with E-state index in [1.54, 1.807) is 16.9 Å². The van der Waals surface area contributed by atoms with Gasteiger partial charge in [0.2, 0.25) is 0 Å². The maximum atomic E-state index is 12.0. The molecular formula is C13H17N5OS. The van der Waals surface area contributed by atoms with Crippen molar-refractivity contribution in [3.05, 3.63) is 35.9 Å². The molecule has 0 aliphatic heterocycles. The fourth-order valence-corrected chi connectivity index (χ4v) is 2.29. The van der Waals surface area contributed by atoms with Gasteiger partial charge in [-0.05, 0) is 24.8 Å². The minimum Gasteiger partial charge on any atom is -0.349 e. The van der Waals surface area contributed by atoms with E-state index in [1.165, 1.54) is 11.8 Å². The first kappa shape index (κ1) is 14.5. The van der Waals surface area contributed by atoms with Gasteiger partial charge < -0.3 is 5.32 Å². The number of amides is 1. The lowest BCUT2D eigenvalue weighted by molar-refractivity contribution is 0.0946. The van der Waals surface area contributed by atoms with Crippen LogP contribution in [0.5, 0.6) is 0 Å². The molecule has 0 saturated carbocycles. The first-order chi connectivity index (χ1) is 9.69. The Kier molecular flexibility index (Phi) is 5.11.